The summed E-state index contributed by atoms with van der Waals surface area (Å²) in [5.41, 5.74) is 5.26. The van der Waals surface area contributed by atoms with Crippen molar-refractivity contribution in [1.29, 1.82) is 0 Å². The molecule has 0 spiro atoms. The van der Waals surface area contributed by atoms with Gasteiger partial charge < -0.3 is 5.32 Å². The van der Waals surface area contributed by atoms with Gasteiger partial charge in [0, 0.05) is 23.8 Å². The first-order valence-electron chi connectivity index (χ1n) is 7.20. The molecule has 1 aromatic heterocycles. The van der Waals surface area contributed by atoms with Crippen molar-refractivity contribution in [2.75, 3.05) is 0 Å². The molecule has 0 radical (unpaired) electrons. The molecular formula is C17H25N3. The maximum Gasteiger partial charge on any atom is 0.0535 e. The molecule has 0 amide bonds. The van der Waals surface area contributed by atoms with Crippen molar-refractivity contribution in [1.82, 2.24) is 15.5 Å². The fraction of sp³-hybridized carbons (Fsp3) is 0.471. The van der Waals surface area contributed by atoms with Gasteiger partial charge in [0.2, 0.25) is 0 Å². The second kappa shape index (κ2) is 5.80. The van der Waals surface area contributed by atoms with E-state index in [4.69, 9.17) is 0 Å². The van der Waals surface area contributed by atoms with Gasteiger partial charge in [-0.3, -0.25) is 5.10 Å². The second-order valence-corrected chi connectivity index (χ2v) is 6.49. The zero-order chi connectivity index (χ0) is 14.8. The number of H-pyrrole nitrogens is 1. The fourth-order valence-electron chi connectivity index (χ4n) is 2.21. The molecule has 1 aromatic carbocycles. The van der Waals surface area contributed by atoms with Gasteiger partial charge in [0.1, 0.15) is 0 Å². The Balaban J connectivity index is 1.99. The third-order valence-corrected chi connectivity index (χ3v) is 3.81. The van der Waals surface area contributed by atoms with E-state index in [1.165, 1.54) is 16.7 Å². The third kappa shape index (κ3) is 3.48. The van der Waals surface area contributed by atoms with Crippen LogP contribution < -0.4 is 5.32 Å². The van der Waals surface area contributed by atoms with E-state index < -0.39 is 0 Å². The van der Waals surface area contributed by atoms with Gasteiger partial charge in [-0.1, -0.05) is 45.0 Å². The molecule has 0 saturated carbocycles. The molecule has 20 heavy (non-hydrogen) atoms. The quantitative estimate of drug-likeness (QED) is 0.886. The summed E-state index contributed by atoms with van der Waals surface area (Å²) in [7, 11) is 0. The van der Waals surface area contributed by atoms with Crippen LogP contribution in [0.4, 0.5) is 0 Å². The topological polar surface area (TPSA) is 40.7 Å². The Bertz CT molecular complexity index is 546. The number of hydrogen-bond acceptors (Lipinski definition) is 2. The molecule has 0 aliphatic heterocycles. The first-order valence-corrected chi connectivity index (χ1v) is 7.20. The SMILES string of the molecule is Cc1[nH]ncc1CNC(C)c1ccc(C(C)(C)C)cc1. The minimum absolute atomic E-state index is 0.211. The number of hydrogen-bond donors (Lipinski definition) is 2. The standard InChI is InChI=1S/C17H25N3/c1-12(18-10-15-11-19-20-13(15)2)14-6-8-16(9-7-14)17(3,4)5/h6-9,11-12,18H,10H2,1-5H3,(H,19,20). The average Bonchev–Trinajstić information content (AvgIpc) is 2.81. The Kier molecular flexibility index (Phi) is 4.29. The Morgan fingerprint density at radius 2 is 1.85 bits per heavy atom. The third-order valence-electron chi connectivity index (χ3n) is 3.81. The summed E-state index contributed by atoms with van der Waals surface area (Å²) in [5, 5.41) is 10.6. The predicted octanol–water partition coefficient (Wildman–Crippen LogP) is 3.87. The van der Waals surface area contributed by atoms with Crippen LogP contribution in [0.25, 0.3) is 0 Å². The molecule has 108 valence electrons. The van der Waals surface area contributed by atoms with E-state index in [-0.39, 0.29) is 5.41 Å². The molecule has 2 rings (SSSR count). The number of aromatic amines is 1. The number of nitrogens with zero attached hydrogens (tertiary/aromatic N) is 1. The molecule has 0 bridgehead atoms. The molecule has 3 nitrogen and oxygen atoms in total. The predicted molar refractivity (Wildman–Crippen MR) is 83.7 cm³/mol. The van der Waals surface area contributed by atoms with Crippen LogP contribution in [0.1, 0.15) is 56.1 Å². The first-order chi connectivity index (χ1) is 9.38. The molecule has 1 atom stereocenters. The van der Waals surface area contributed by atoms with Crippen molar-refractivity contribution < 1.29 is 0 Å². The van der Waals surface area contributed by atoms with Crippen LogP contribution in [0, 0.1) is 6.92 Å². The van der Waals surface area contributed by atoms with E-state index in [2.05, 4.69) is 67.5 Å². The molecule has 0 fully saturated rings. The summed E-state index contributed by atoms with van der Waals surface area (Å²) in [4.78, 5) is 0. The van der Waals surface area contributed by atoms with Crippen LogP contribution >= 0.6 is 0 Å². The van der Waals surface area contributed by atoms with Crippen molar-refractivity contribution >= 4 is 0 Å². The van der Waals surface area contributed by atoms with Crippen LogP contribution in [0.5, 0.6) is 0 Å². The lowest BCUT2D eigenvalue weighted by molar-refractivity contribution is 0.568. The van der Waals surface area contributed by atoms with E-state index in [0.717, 1.165) is 12.2 Å². The van der Waals surface area contributed by atoms with Crippen LogP contribution in [-0.2, 0) is 12.0 Å². The lowest BCUT2D eigenvalue weighted by atomic mass is 9.86. The summed E-state index contributed by atoms with van der Waals surface area (Å²) in [5.74, 6) is 0. The highest BCUT2D eigenvalue weighted by Crippen LogP contribution is 2.24. The van der Waals surface area contributed by atoms with Crippen molar-refractivity contribution in [3.8, 4) is 0 Å². The number of aromatic nitrogens is 2. The Morgan fingerprint density at radius 3 is 2.35 bits per heavy atom. The Morgan fingerprint density at radius 1 is 1.20 bits per heavy atom. The van der Waals surface area contributed by atoms with Crippen molar-refractivity contribution in [3.05, 3.63) is 52.8 Å². The fourth-order valence-corrected chi connectivity index (χ4v) is 2.21. The van der Waals surface area contributed by atoms with Gasteiger partial charge in [0.15, 0.2) is 0 Å². The number of aryl methyl sites for hydroxylation is 1. The van der Waals surface area contributed by atoms with Crippen LogP contribution in [0.15, 0.2) is 30.5 Å². The van der Waals surface area contributed by atoms with Crippen molar-refractivity contribution in [2.24, 2.45) is 0 Å². The van der Waals surface area contributed by atoms with Crippen LogP contribution in [0.3, 0.4) is 0 Å². The Labute approximate surface area is 121 Å². The maximum absolute atomic E-state index is 4.05. The van der Waals surface area contributed by atoms with Gasteiger partial charge in [-0.2, -0.15) is 5.10 Å². The molecule has 3 heteroatoms. The molecule has 1 heterocycles. The zero-order valence-corrected chi connectivity index (χ0v) is 13.1. The highest BCUT2D eigenvalue weighted by Gasteiger charge is 2.14. The van der Waals surface area contributed by atoms with E-state index >= 15 is 0 Å². The van der Waals surface area contributed by atoms with E-state index in [9.17, 15) is 0 Å². The molecule has 0 aliphatic rings. The van der Waals surface area contributed by atoms with Gasteiger partial charge in [-0.05, 0) is 30.4 Å². The summed E-state index contributed by atoms with van der Waals surface area (Å²) >= 11 is 0. The van der Waals surface area contributed by atoms with Gasteiger partial charge in [-0.25, -0.2) is 0 Å². The smallest absolute Gasteiger partial charge is 0.0535 e. The summed E-state index contributed by atoms with van der Waals surface area (Å²) in [6.07, 6.45) is 1.89. The van der Waals surface area contributed by atoms with Crippen molar-refractivity contribution in [3.63, 3.8) is 0 Å². The first kappa shape index (κ1) is 14.8. The van der Waals surface area contributed by atoms with E-state index in [1.54, 1.807) is 0 Å². The molecule has 0 aliphatic carbocycles. The largest absolute Gasteiger partial charge is 0.306 e. The molecule has 2 aromatic rings. The molecule has 2 N–H and O–H groups in total. The zero-order valence-electron chi connectivity index (χ0n) is 13.1. The van der Waals surface area contributed by atoms with Gasteiger partial charge >= 0.3 is 0 Å². The normalized spacial score (nSPS) is 13.4. The van der Waals surface area contributed by atoms with Gasteiger partial charge in [-0.15, -0.1) is 0 Å². The second-order valence-electron chi connectivity index (χ2n) is 6.49. The number of rotatable bonds is 4. The molecule has 1 unspecified atom stereocenters. The highest BCUT2D eigenvalue weighted by atomic mass is 15.1. The lowest BCUT2D eigenvalue weighted by Crippen LogP contribution is -2.18. The van der Waals surface area contributed by atoms with Gasteiger partial charge in [0.05, 0.1) is 6.20 Å². The van der Waals surface area contributed by atoms with Crippen LogP contribution in [-0.4, -0.2) is 10.2 Å². The summed E-state index contributed by atoms with van der Waals surface area (Å²) in [6.45, 7) is 11.8. The number of benzene rings is 1. The van der Waals surface area contributed by atoms with Crippen LogP contribution in [0.2, 0.25) is 0 Å². The minimum Gasteiger partial charge on any atom is -0.306 e. The minimum atomic E-state index is 0.211. The average molecular weight is 271 g/mol. The lowest BCUT2D eigenvalue weighted by Gasteiger charge is -2.20. The summed E-state index contributed by atoms with van der Waals surface area (Å²) in [6, 6.07) is 9.24. The summed E-state index contributed by atoms with van der Waals surface area (Å²) < 4.78 is 0. The maximum atomic E-state index is 4.05. The van der Waals surface area contributed by atoms with E-state index in [0.29, 0.717) is 6.04 Å². The number of nitrogens with one attached hydrogen (secondary N) is 2. The molecule has 0 saturated heterocycles. The molecular weight excluding hydrogens is 246 g/mol. The van der Waals surface area contributed by atoms with Crippen molar-refractivity contribution in [2.45, 2.75) is 52.6 Å². The van der Waals surface area contributed by atoms with Gasteiger partial charge in [0.25, 0.3) is 0 Å². The Hall–Kier alpha value is -1.61. The monoisotopic (exact) mass is 271 g/mol. The van der Waals surface area contributed by atoms with E-state index in [1.807, 2.05) is 13.1 Å². The highest BCUT2D eigenvalue weighted by molar-refractivity contribution is 5.29.